The lowest BCUT2D eigenvalue weighted by atomic mass is 10.0. The van der Waals surface area contributed by atoms with Gasteiger partial charge in [-0.2, -0.15) is 11.3 Å². The Morgan fingerprint density at radius 3 is 3.19 bits per heavy atom. The molecule has 1 saturated heterocycles. The minimum Gasteiger partial charge on any atom is -0.378 e. The lowest BCUT2D eigenvalue weighted by Crippen LogP contribution is -2.30. The second-order valence-electron chi connectivity index (χ2n) is 4.53. The topological polar surface area (TPSA) is 21.3 Å². The lowest BCUT2D eigenvalue weighted by Gasteiger charge is -2.19. The zero-order valence-corrected chi connectivity index (χ0v) is 10.8. The summed E-state index contributed by atoms with van der Waals surface area (Å²) in [5, 5.41) is 7.82. The summed E-state index contributed by atoms with van der Waals surface area (Å²) in [6, 6.07) is 2.83. The zero-order valence-electron chi connectivity index (χ0n) is 9.95. The van der Waals surface area contributed by atoms with Crippen molar-refractivity contribution in [2.24, 2.45) is 0 Å². The van der Waals surface area contributed by atoms with Gasteiger partial charge in [-0.05, 0) is 61.5 Å². The van der Waals surface area contributed by atoms with E-state index in [0.717, 1.165) is 6.61 Å². The van der Waals surface area contributed by atoms with Gasteiger partial charge in [-0.1, -0.05) is 0 Å². The van der Waals surface area contributed by atoms with Crippen LogP contribution < -0.4 is 5.32 Å². The highest BCUT2D eigenvalue weighted by Gasteiger charge is 2.19. The maximum absolute atomic E-state index is 5.68. The normalized spacial score (nSPS) is 22.4. The molecule has 0 bridgehead atoms. The van der Waals surface area contributed by atoms with Gasteiger partial charge in [-0.25, -0.2) is 0 Å². The Balaban J connectivity index is 1.72. The molecular weight excluding hydrogens is 218 g/mol. The molecule has 1 aromatic rings. The largest absolute Gasteiger partial charge is 0.378 e. The Kier molecular flexibility index (Phi) is 4.82. The highest BCUT2D eigenvalue weighted by atomic mass is 32.1. The first-order valence-corrected chi connectivity index (χ1v) is 7.12. The molecule has 2 atom stereocenters. The fourth-order valence-electron chi connectivity index (χ4n) is 2.30. The van der Waals surface area contributed by atoms with Gasteiger partial charge in [0.05, 0.1) is 6.10 Å². The number of hydrogen-bond acceptors (Lipinski definition) is 3. The van der Waals surface area contributed by atoms with Gasteiger partial charge >= 0.3 is 0 Å². The molecule has 0 radical (unpaired) electrons. The maximum atomic E-state index is 5.68. The van der Waals surface area contributed by atoms with Crippen LogP contribution >= 0.6 is 11.3 Å². The van der Waals surface area contributed by atoms with Crippen LogP contribution in [0.2, 0.25) is 0 Å². The van der Waals surface area contributed by atoms with Crippen LogP contribution in [0.1, 0.15) is 31.2 Å². The molecule has 1 N–H and O–H groups in total. The van der Waals surface area contributed by atoms with Crippen LogP contribution in [0.25, 0.3) is 0 Å². The highest BCUT2D eigenvalue weighted by molar-refractivity contribution is 7.07. The van der Waals surface area contributed by atoms with E-state index in [1.165, 1.54) is 37.7 Å². The minimum atomic E-state index is 0.500. The first kappa shape index (κ1) is 12.1. The van der Waals surface area contributed by atoms with E-state index in [9.17, 15) is 0 Å². The highest BCUT2D eigenvalue weighted by Crippen LogP contribution is 2.19. The van der Waals surface area contributed by atoms with Crippen molar-refractivity contribution in [3.05, 3.63) is 22.4 Å². The monoisotopic (exact) mass is 239 g/mol. The van der Waals surface area contributed by atoms with Gasteiger partial charge in [0.15, 0.2) is 0 Å². The molecular formula is C13H21NOS. The SMILES string of the molecule is CNC(CCc1ccsc1)CC1CCCO1. The fraction of sp³-hybridized carbons (Fsp3) is 0.692. The maximum Gasteiger partial charge on any atom is 0.0590 e. The van der Waals surface area contributed by atoms with Crippen LogP contribution in [0.3, 0.4) is 0 Å². The lowest BCUT2D eigenvalue weighted by molar-refractivity contribution is 0.0945. The van der Waals surface area contributed by atoms with E-state index in [1.807, 2.05) is 0 Å². The number of hydrogen-bond donors (Lipinski definition) is 1. The van der Waals surface area contributed by atoms with E-state index in [1.54, 1.807) is 11.3 Å². The van der Waals surface area contributed by atoms with Gasteiger partial charge in [0, 0.05) is 12.6 Å². The Morgan fingerprint density at radius 2 is 2.56 bits per heavy atom. The number of nitrogens with one attached hydrogen (secondary N) is 1. The van der Waals surface area contributed by atoms with Crippen molar-refractivity contribution in [3.8, 4) is 0 Å². The standard InChI is InChI=1S/C13H21NOS/c1-14-12(9-13-3-2-7-15-13)5-4-11-6-8-16-10-11/h6,8,10,12-14H,2-5,7,9H2,1H3. The first-order chi connectivity index (χ1) is 7.88. The molecule has 0 spiro atoms. The van der Waals surface area contributed by atoms with Gasteiger partial charge in [0.2, 0.25) is 0 Å². The summed E-state index contributed by atoms with van der Waals surface area (Å²) < 4.78 is 5.68. The summed E-state index contributed by atoms with van der Waals surface area (Å²) in [4.78, 5) is 0. The van der Waals surface area contributed by atoms with E-state index < -0.39 is 0 Å². The average Bonchev–Trinajstić information content (AvgIpc) is 2.97. The molecule has 1 fully saturated rings. The second-order valence-corrected chi connectivity index (χ2v) is 5.31. The molecule has 0 amide bonds. The van der Waals surface area contributed by atoms with Crippen molar-refractivity contribution in [1.82, 2.24) is 5.32 Å². The quantitative estimate of drug-likeness (QED) is 0.824. The number of aryl methyl sites for hydroxylation is 1. The summed E-state index contributed by atoms with van der Waals surface area (Å²) in [6.45, 7) is 0.964. The fourth-order valence-corrected chi connectivity index (χ4v) is 3.01. The van der Waals surface area contributed by atoms with Crippen molar-refractivity contribution >= 4 is 11.3 Å². The number of thiophene rings is 1. The molecule has 16 heavy (non-hydrogen) atoms. The predicted octanol–water partition coefficient (Wildman–Crippen LogP) is 2.84. The molecule has 2 rings (SSSR count). The molecule has 1 aliphatic heterocycles. The van der Waals surface area contributed by atoms with Crippen LogP contribution in [-0.4, -0.2) is 25.8 Å². The molecule has 0 aliphatic carbocycles. The molecule has 1 aliphatic rings. The van der Waals surface area contributed by atoms with E-state index in [-0.39, 0.29) is 0 Å². The van der Waals surface area contributed by atoms with Crippen molar-refractivity contribution in [2.75, 3.05) is 13.7 Å². The third kappa shape index (κ3) is 3.58. The molecule has 2 heterocycles. The third-order valence-corrected chi connectivity index (χ3v) is 4.07. The molecule has 90 valence electrons. The van der Waals surface area contributed by atoms with Gasteiger partial charge in [-0.15, -0.1) is 0 Å². The molecule has 2 unspecified atom stereocenters. The van der Waals surface area contributed by atoms with Crippen molar-refractivity contribution in [2.45, 2.75) is 44.2 Å². The minimum absolute atomic E-state index is 0.500. The van der Waals surface area contributed by atoms with Gasteiger partial charge in [0.25, 0.3) is 0 Å². The molecule has 0 aromatic carbocycles. The van der Waals surface area contributed by atoms with Gasteiger partial charge < -0.3 is 10.1 Å². The van der Waals surface area contributed by atoms with Gasteiger partial charge in [0.1, 0.15) is 0 Å². The third-order valence-electron chi connectivity index (χ3n) is 3.34. The smallest absolute Gasteiger partial charge is 0.0590 e. The molecule has 0 saturated carbocycles. The summed E-state index contributed by atoms with van der Waals surface area (Å²) in [7, 11) is 2.06. The van der Waals surface area contributed by atoms with Crippen molar-refractivity contribution < 1.29 is 4.74 Å². The van der Waals surface area contributed by atoms with E-state index in [0.29, 0.717) is 12.1 Å². The number of rotatable bonds is 6. The van der Waals surface area contributed by atoms with Crippen LogP contribution in [0.15, 0.2) is 16.8 Å². The summed E-state index contributed by atoms with van der Waals surface area (Å²) in [5.41, 5.74) is 1.47. The number of ether oxygens (including phenoxy) is 1. The Hall–Kier alpha value is -0.380. The van der Waals surface area contributed by atoms with Crippen LogP contribution in [-0.2, 0) is 11.2 Å². The van der Waals surface area contributed by atoms with Crippen LogP contribution in [0.5, 0.6) is 0 Å². The van der Waals surface area contributed by atoms with E-state index >= 15 is 0 Å². The predicted molar refractivity (Wildman–Crippen MR) is 69.1 cm³/mol. The first-order valence-electron chi connectivity index (χ1n) is 6.18. The molecule has 1 aromatic heterocycles. The zero-order chi connectivity index (χ0) is 11.2. The Labute approximate surface area is 102 Å². The van der Waals surface area contributed by atoms with E-state index in [2.05, 4.69) is 29.2 Å². The Morgan fingerprint density at radius 1 is 1.62 bits per heavy atom. The average molecular weight is 239 g/mol. The molecule has 2 nitrogen and oxygen atoms in total. The molecule has 3 heteroatoms. The Bertz CT molecular complexity index is 280. The van der Waals surface area contributed by atoms with Crippen LogP contribution in [0, 0.1) is 0 Å². The summed E-state index contributed by atoms with van der Waals surface area (Å²) >= 11 is 1.79. The second kappa shape index (κ2) is 6.38. The van der Waals surface area contributed by atoms with Crippen molar-refractivity contribution in [1.29, 1.82) is 0 Å². The summed E-state index contributed by atoms with van der Waals surface area (Å²) in [6.07, 6.45) is 6.55. The van der Waals surface area contributed by atoms with Gasteiger partial charge in [-0.3, -0.25) is 0 Å². The van der Waals surface area contributed by atoms with E-state index in [4.69, 9.17) is 4.74 Å². The van der Waals surface area contributed by atoms with Crippen molar-refractivity contribution in [3.63, 3.8) is 0 Å². The van der Waals surface area contributed by atoms with Crippen LogP contribution in [0.4, 0.5) is 0 Å². The summed E-state index contributed by atoms with van der Waals surface area (Å²) in [5.74, 6) is 0.